The van der Waals surface area contributed by atoms with E-state index >= 15 is 0 Å². The number of carbonyl (C=O) groups excluding carboxylic acids is 2. The minimum Gasteiger partial charge on any atom is -0.465 e. The van der Waals surface area contributed by atoms with Gasteiger partial charge < -0.3 is 15.4 Å². The van der Waals surface area contributed by atoms with E-state index < -0.39 is 5.97 Å². The van der Waals surface area contributed by atoms with Crippen molar-refractivity contribution < 1.29 is 14.3 Å². The second-order valence-electron chi connectivity index (χ2n) is 3.60. The Kier molecular flexibility index (Phi) is 2.93. The smallest absolute Gasteiger partial charge is 0.350 e. The van der Waals surface area contributed by atoms with Gasteiger partial charge in [-0.3, -0.25) is 4.79 Å². The van der Waals surface area contributed by atoms with E-state index in [0.717, 1.165) is 0 Å². The first kappa shape index (κ1) is 11.1. The summed E-state index contributed by atoms with van der Waals surface area (Å²) in [6.07, 6.45) is 0.330. The Morgan fingerprint density at radius 3 is 3.00 bits per heavy atom. The number of anilines is 1. The molecule has 5 nitrogen and oxygen atoms in total. The van der Waals surface area contributed by atoms with Crippen LogP contribution in [-0.2, 0) is 9.53 Å². The third kappa shape index (κ3) is 1.81. The molecule has 6 heteroatoms. The van der Waals surface area contributed by atoms with Crippen molar-refractivity contribution in [2.75, 3.05) is 18.6 Å². The summed E-state index contributed by atoms with van der Waals surface area (Å²) in [6, 6.07) is 1.59. The molecule has 1 aromatic heterocycles. The van der Waals surface area contributed by atoms with Crippen LogP contribution in [0, 0.1) is 0 Å². The molecular weight excluding hydrogens is 228 g/mol. The van der Waals surface area contributed by atoms with E-state index in [9.17, 15) is 9.59 Å². The maximum atomic E-state index is 11.6. The summed E-state index contributed by atoms with van der Waals surface area (Å²) in [5.41, 5.74) is 6.31. The molecule has 0 spiro atoms. The fraction of sp³-hybridized carbons (Fsp3) is 0.400. The number of nitrogens with two attached hydrogens (primary N) is 1. The minimum atomic E-state index is -0.418. The summed E-state index contributed by atoms with van der Waals surface area (Å²) in [7, 11) is 1.32. The molecule has 1 aliphatic rings. The molecule has 1 aromatic rings. The standard InChI is InChI=1S/C10H12N2O3S/c1-15-10(14)9-7(2-3-16-9)12-5-6(11)4-8(12)13/h2-3,6H,4-5,11H2,1H3. The monoisotopic (exact) mass is 240 g/mol. The predicted molar refractivity (Wildman–Crippen MR) is 60.6 cm³/mol. The molecule has 2 N–H and O–H groups in total. The Hall–Kier alpha value is -1.40. The molecule has 16 heavy (non-hydrogen) atoms. The predicted octanol–water partition coefficient (Wildman–Crippen LogP) is 0.599. The summed E-state index contributed by atoms with van der Waals surface area (Å²) >= 11 is 1.26. The van der Waals surface area contributed by atoms with E-state index in [1.807, 2.05) is 0 Å². The molecule has 1 unspecified atom stereocenters. The quantitative estimate of drug-likeness (QED) is 0.768. The highest BCUT2D eigenvalue weighted by Crippen LogP contribution is 2.29. The van der Waals surface area contributed by atoms with E-state index in [1.54, 1.807) is 16.3 Å². The number of hydrogen-bond acceptors (Lipinski definition) is 5. The lowest BCUT2D eigenvalue weighted by Crippen LogP contribution is -2.28. The van der Waals surface area contributed by atoms with Gasteiger partial charge in [0.1, 0.15) is 4.88 Å². The van der Waals surface area contributed by atoms with Crippen LogP contribution >= 0.6 is 11.3 Å². The highest BCUT2D eigenvalue weighted by Gasteiger charge is 2.31. The Labute approximate surface area is 96.8 Å². The lowest BCUT2D eigenvalue weighted by molar-refractivity contribution is -0.117. The van der Waals surface area contributed by atoms with Gasteiger partial charge in [-0.1, -0.05) is 0 Å². The van der Waals surface area contributed by atoms with Gasteiger partial charge in [0.25, 0.3) is 0 Å². The maximum absolute atomic E-state index is 11.6. The van der Waals surface area contributed by atoms with Crippen LogP contribution in [0.1, 0.15) is 16.1 Å². The van der Waals surface area contributed by atoms with Crippen molar-refractivity contribution in [2.45, 2.75) is 12.5 Å². The number of esters is 1. The van der Waals surface area contributed by atoms with Crippen LogP contribution in [0.2, 0.25) is 0 Å². The number of rotatable bonds is 2. The van der Waals surface area contributed by atoms with Crippen LogP contribution in [-0.4, -0.2) is 31.6 Å². The number of amides is 1. The fourth-order valence-corrected chi connectivity index (χ4v) is 2.54. The van der Waals surface area contributed by atoms with Crippen LogP contribution in [0.25, 0.3) is 0 Å². The highest BCUT2D eigenvalue weighted by atomic mass is 32.1. The molecule has 1 amide bonds. The van der Waals surface area contributed by atoms with Crippen LogP contribution < -0.4 is 10.6 Å². The van der Waals surface area contributed by atoms with Gasteiger partial charge in [0, 0.05) is 19.0 Å². The second kappa shape index (κ2) is 4.23. The molecule has 0 radical (unpaired) electrons. The Bertz CT molecular complexity index is 429. The maximum Gasteiger partial charge on any atom is 0.350 e. The number of thiophene rings is 1. The van der Waals surface area contributed by atoms with Crippen LogP contribution in [0.3, 0.4) is 0 Å². The zero-order chi connectivity index (χ0) is 11.7. The molecule has 1 fully saturated rings. The lowest BCUT2D eigenvalue weighted by atomic mass is 10.3. The summed E-state index contributed by atoms with van der Waals surface area (Å²) in [6.45, 7) is 0.458. The first-order chi connectivity index (χ1) is 7.63. The van der Waals surface area contributed by atoms with Crippen molar-refractivity contribution in [3.8, 4) is 0 Å². The first-order valence-electron chi connectivity index (χ1n) is 4.85. The second-order valence-corrected chi connectivity index (χ2v) is 4.51. The van der Waals surface area contributed by atoms with E-state index in [2.05, 4.69) is 4.74 Å². The average molecular weight is 240 g/mol. The Balaban J connectivity index is 2.31. The minimum absolute atomic E-state index is 0.0453. The summed E-state index contributed by atoms with van der Waals surface area (Å²) in [5.74, 6) is -0.464. The van der Waals surface area contributed by atoms with Crippen LogP contribution in [0.5, 0.6) is 0 Å². The van der Waals surface area contributed by atoms with E-state index in [1.165, 1.54) is 18.4 Å². The van der Waals surface area contributed by atoms with Gasteiger partial charge in [-0.05, 0) is 11.4 Å². The number of carbonyl (C=O) groups is 2. The first-order valence-corrected chi connectivity index (χ1v) is 5.73. The van der Waals surface area contributed by atoms with E-state index in [4.69, 9.17) is 5.73 Å². The van der Waals surface area contributed by atoms with Gasteiger partial charge >= 0.3 is 5.97 Å². The molecule has 86 valence electrons. The molecule has 1 aliphatic heterocycles. The van der Waals surface area contributed by atoms with Crippen molar-refractivity contribution in [2.24, 2.45) is 5.73 Å². The van der Waals surface area contributed by atoms with Crippen LogP contribution in [0.4, 0.5) is 5.69 Å². The number of hydrogen-bond donors (Lipinski definition) is 1. The normalized spacial score (nSPS) is 20.2. The molecular formula is C10H12N2O3S. The van der Waals surface area contributed by atoms with E-state index in [0.29, 0.717) is 23.5 Å². The van der Waals surface area contributed by atoms with Crippen molar-refractivity contribution in [1.82, 2.24) is 0 Å². The topological polar surface area (TPSA) is 72.6 Å². The summed E-state index contributed by atoms with van der Waals surface area (Å²) in [4.78, 5) is 25.1. The summed E-state index contributed by atoms with van der Waals surface area (Å²) in [5, 5.41) is 1.76. The molecule has 0 bridgehead atoms. The SMILES string of the molecule is COC(=O)c1sccc1N1CC(N)CC1=O. The van der Waals surface area contributed by atoms with Gasteiger partial charge in [-0.25, -0.2) is 4.79 Å². The van der Waals surface area contributed by atoms with Gasteiger partial charge in [0.05, 0.1) is 12.8 Å². The molecule has 0 aromatic carbocycles. The molecule has 2 rings (SSSR count). The Morgan fingerprint density at radius 1 is 1.69 bits per heavy atom. The van der Waals surface area contributed by atoms with Crippen LogP contribution in [0.15, 0.2) is 11.4 Å². The zero-order valence-electron chi connectivity index (χ0n) is 8.80. The molecule has 2 heterocycles. The fourth-order valence-electron chi connectivity index (χ4n) is 1.73. The van der Waals surface area contributed by atoms with Gasteiger partial charge in [0.15, 0.2) is 0 Å². The molecule has 0 aliphatic carbocycles. The number of ether oxygens (including phenoxy) is 1. The summed E-state index contributed by atoms with van der Waals surface area (Å²) < 4.78 is 4.66. The molecule has 1 atom stereocenters. The van der Waals surface area contributed by atoms with Gasteiger partial charge in [-0.15, -0.1) is 11.3 Å². The van der Waals surface area contributed by atoms with Crippen molar-refractivity contribution in [3.05, 3.63) is 16.3 Å². The Morgan fingerprint density at radius 2 is 2.44 bits per heavy atom. The molecule has 1 saturated heterocycles. The number of methoxy groups -OCH3 is 1. The average Bonchev–Trinajstić information content (AvgIpc) is 2.83. The lowest BCUT2D eigenvalue weighted by Gasteiger charge is -2.15. The van der Waals surface area contributed by atoms with Crippen molar-refractivity contribution in [1.29, 1.82) is 0 Å². The van der Waals surface area contributed by atoms with Gasteiger partial charge in [-0.2, -0.15) is 0 Å². The number of nitrogens with zero attached hydrogens (tertiary/aromatic N) is 1. The highest BCUT2D eigenvalue weighted by molar-refractivity contribution is 7.12. The molecule has 0 saturated carbocycles. The van der Waals surface area contributed by atoms with E-state index in [-0.39, 0.29) is 11.9 Å². The third-order valence-electron chi connectivity index (χ3n) is 2.46. The largest absolute Gasteiger partial charge is 0.465 e. The third-order valence-corrected chi connectivity index (χ3v) is 3.34. The van der Waals surface area contributed by atoms with Gasteiger partial charge in [0.2, 0.25) is 5.91 Å². The van der Waals surface area contributed by atoms with Crippen molar-refractivity contribution in [3.63, 3.8) is 0 Å². The zero-order valence-corrected chi connectivity index (χ0v) is 9.62. The van der Waals surface area contributed by atoms with Crippen molar-refractivity contribution >= 4 is 28.9 Å².